The number of aliphatic hydroxyl groups is 1. The third-order valence-electron chi connectivity index (χ3n) is 6.77. The molecule has 9 nitrogen and oxygen atoms in total. The Morgan fingerprint density at radius 3 is 2.31 bits per heavy atom. The number of hydrogen-bond donors (Lipinski definition) is 3. The summed E-state index contributed by atoms with van der Waals surface area (Å²) in [4.78, 5) is 43.3. The highest BCUT2D eigenvalue weighted by Crippen LogP contribution is 2.21. The molecule has 0 saturated carbocycles. The van der Waals surface area contributed by atoms with Gasteiger partial charge in [0.25, 0.3) is 0 Å². The van der Waals surface area contributed by atoms with Crippen molar-refractivity contribution in [2.24, 2.45) is 11.8 Å². The first-order valence-electron chi connectivity index (χ1n) is 13.4. The number of aliphatic hydroxyl groups excluding tert-OH is 1. The van der Waals surface area contributed by atoms with Gasteiger partial charge in [-0.25, -0.2) is 0 Å². The van der Waals surface area contributed by atoms with Gasteiger partial charge in [0.2, 0.25) is 17.7 Å². The first-order valence-corrected chi connectivity index (χ1v) is 13.4. The maximum Gasteiger partial charge on any atom is 0.246 e. The van der Waals surface area contributed by atoms with Crippen molar-refractivity contribution in [3.8, 4) is 0 Å². The molecule has 0 aromatic carbocycles. The molecule has 0 aliphatic carbocycles. The van der Waals surface area contributed by atoms with Crippen molar-refractivity contribution in [1.29, 1.82) is 0 Å². The van der Waals surface area contributed by atoms with Crippen LogP contribution < -0.4 is 10.6 Å². The van der Waals surface area contributed by atoms with Gasteiger partial charge in [-0.05, 0) is 52.0 Å². The van der Waals surface area contributed by atoms with Gasteiger partial charge in [-0.1, -0.05) is 40.2 Å². The van der Waals surface area contributed by atoms with Crippen molar-refractivity contribution in [3.05, 3.63) is 11.6 Å². The number of hydrogen-bond acceptors (Lipinski definition) is 6. The Morgan fingerprint density at radius 2 is 1.75 bits per heavy atom. The van der Waals surface area contributed by atoms with E-state index in [2.05, 4.69) is 29.4 Å². The Balaban J connectivity index is 2.94. The summed E-state index contributed by atoms with van der Waals surface area (Å²) in [7, 11) is 1.74. The molecular weight excluding hydrogens is 460 g/mol. The van der Waals surface area contributed by atoms with E-state index in [0.29, 0.717) is 18.7 Å². The van der Waals surface area contributed by atoms with Crippen LogP contribution in [0.5, 0.6) is 0 Å². The molecule has 0 radical (unpaired) electrons. The van der Waals surface area contributed by atoms with Gasteiger partial charge in [0.1, 0.15) is 6.04 Å². The molecule has 0 aromatic rings. The minimum absolute atomic E-state index is 0.0578. The number of amides is 3. The zero-order chi connectivity index (χ0) is 27.4. The third kappa shape index (κ3) is 9.82. The Kier molecular flexibility index (Phi) is 14.2. The van der Waals surface area contributed by atoms with Crippen molar-refractivity contribution >= 4 is 17.7 Å². The molecule has 36 heavy (non-hydrogen) atoms. The second kappa shape index (κ2) is 16.0. The Bertz CT molecular complexity index is 738. The molecule has 1 heterocycles. The van der Waals surface area contributed by atoms with E-state index in [1.165, 1.54) is 0 Å². The topological polar surface area (TPSA) is 111 Å². The van der Waals surface area contributed by atoms with Crippen LogP contribution in [0.4, 0.5) is 0 Å². The number of rotatable bonds is 14. The predicted octanol–water partition coefficient (Wildman–Crippen LogP) is 1.94. The van der Waals surface area contributed by atoms with Gasteiger partial charge in [-0.15, -0.1) is 0 Å². The van der Waals surface area contributed by atoms with E-state index in [9.17, 15) is 14.4 Å². The van der Waals surface area contributed by atoms with Gasteiger partial charge in [0.15, 0.2) is 0 Å². The van der Waals surface area contributed by atoms with Crippen LogP contribution in [-0.2, 0) is 19.1 Å². The van der Waals surface area contributed by atoms with Gasteiger partial charge in [0.05, 0.1) is 31.9 Å². The minimum atomic E-state index is -0.647. The van der Waals surface area contributed by atoms with Gasteiger partial charge in [0, 0.05) is 25.2 Å². The SMILES string of the molecule is CC(=C[C@H](C(C)C)N(C)C(=O)[C@@H](NC(=O)C1CCCCN1C(C)C)C(C)C)C(=O)NCCOCCO. The lowest BCUT2D eigenvalue weighted by Gasteiger charge is -2.39. The van der Waals surface area contributed by atoms with Crippen LogP contribution in [0.25, 0.3) is 0 Å². The number of carbonyl (C=O) groups excluding carboxylic acids is 3. The maximum atomic E-state index is 13.6. The van der Waals surface area contributed by atoms with E-state index in [0.717, 1.165) is 25.8 Å². The summed E-state index contributed by atoms with van der Waals surface area (Å²) in [6.45, 7) is 15.5. The molecule has 1 aliphatic rings. The zero-order valence-electron chi connectivity index (χ0n) is 23.7. The quantitative estimate of drug-likeness (QED) is 0.243. The normalized spacial score (nSPS) is 18.9. The summed E-state index contributed by atoms with van der Waals surface area (Å²) >= 11 is 0. The monoisotopic (exact) mass is 510 g/mol. The molecule has 3 atom stereocenters. The molecule has 1 fully saturated rings. The van der Waals surface area contributed by atoms with Gasteiger partial charge in [-0.2, -0.15) is 0 Å². The van der Waals surface area contributed by atoms with Gasteiger partial charge in [-0.3, -0.25) is 19.3 Å². The van der Waals surface area contributed by atoms with Crippen LogP contribution in [0, 0.1) is 11.8 Å². The van der Waals surface area contributed by atoms with Crippen LogP contribution in [0.2, 0.25) is 0 Å². The maximum absolute atomic E-state index is 13.6. The van der Waals surface area contributed by atoms with E-state index in [1.54, 1.807) is 18.9 Å². The molecule has 1 aliphatic heterocycles. The first kappa shape index (κ1) is 32.1. The highest BCUT2D eigenvalue weighted by molar-refractivity contribution is 5.93. The lowest BCUT2D eigenvalue weighted by atomic mass is 9.95. The molecule has 9 heteroatoms. The Labute approximate surface area is 218 Å². The van der Waals surface area contributed by atoms with E-state index in [1.807, 2.05) is 33.8 Å². The average molecular weight is 511 g/mol. The van der Waals surface area contributed by atoms with Crippen molar-refractivity contribution in [2.75, 3.05) is 40.0 Å². The molecule has 0 spiro atoms. The van der Waals surface area contributed by atoms with Gasteiger partial charge >= 0.3 is 0 Å². The Hall–Kier alpha value is -1.97. The van der Waals surface area contributed by atoms with Crippen LogP contribution in [0.1, 0.15) is 67.7 Å². The van der Waals surface area contributed by atoms with E-state index in [4.69, 9.17) is 9.84 Å². The van der Waals surface area contributed by atoms with Crippen molar-refractivity contribution < 1.29 is 24.2 Å². The third-order valence-corrected chi connectivity index (χ3v) is 6.77. The van der Waals surface area contributed by atoms with Crippen LogP contribution in [0.3, 0.4) is 0 Å². The molecule has 3 amide bonds. The largest absolute Gasteiger partial charge is 0.394 e. The fourth-order valence-electron chi connectivity index (χ4n) is 4.61. The molecule has 208 valence electrons. The fraction of sp³-hybridized carbons (Fsp3) is 0.815. The predicted molar refractivity (Wildman–Crippen MR) is 142 cm³/mol. The standard InChI is InChI=1S/C27H50N4O5/c1-18(2)23(17-21(7)25(33)28-12-15-36-16-14-32)30(8)27(35)24(19(3)4)29-26(34)22-11-9-10-13-31(22)20(5)6/h17-20,22-24,32H,9-16H2,1-8H3,(H,28,33)(H,29,34)/t22?,23-,24+/m1/s1. The molecule has 1 saturated heterocycles. The number of nitrogens with one attached hydrogen (secondary N) is 2. The molecular formula is C27H50N4O5. The van der Waals surface area contributed by atoms with Crippen molar-refractivity contribution in [1.82, 2.24) is 20.4 Å². The minimum Gasteiger partial charge on any atom is -0.394 e. The highest BCUT2D eigenvalue weighted by atomic mass is 16.5. The highest BCUT2D eigenvalue weighted by Gasteiger charge is 2.35. The van der Waals surface area contributed by atoms with E-state index < -0.39 is 6.04 Å². The van der Waals surface area contributed by atoms with Crippen LogP contribution in [0.15, 0.2) is 11.6 Å². The first-order chi connectivity index (χ1) is 16.9. The van der Waals surface area contributed by atoms with E-state index in [-0.39, 0.29) is 60.9 Å². The number of likely N-dealkylation sites (tertiary alicyclic amines) is 1. The average Bonchev–Trinajstić information content (AvgIpc) is 2.83. The number of carbonyl (C=O) groups is 3. The van der Waals surface area contributed by atoms with Crippen LogP contribution >= 0.6 is 0 Å². The summed E-state index contributed by atoms with van der Waals surface area (Å²) in [5.41, 5.74) is 0.510. The fourth-order valence-corrected chi connectivity index (χ4v) is 4.61. The number of nitrogens with zero attached hydrogens (tertiary/aromatic N) is 2. The second-order valence-corrected chi connectivity index (χ2v) is 10.7. The summed E-state index contributed by atoms with van der Waals surface area (Å²) < 4.78 is 5.17. The molecule has 3 N–H and O–H groups in total. The number of likely N-dealkylation sites (N-methyl/N-ethyl adjacent to an activating group) is 1. The van der Waals surface area contributed by atoms with E-state index >= 15 is 0 Å². The summed E-state index contributed by atoms with van der Waals surface area (Å²) in [5.74, 6) is -0.493. The zero-order valence-corrected chi connectivity index (χ0v) is 23.7. The smallest absolute Gasteiger partial charge is 0.246 e. The summed E-state index contributed by atoms with van der Waals surface area (Å²) in [5, 5.41) is 14.6. The second-order valence-electron chi connectivity index (χ2n) is 10.7. The molecule has 1 unspecified atom stereocenters. The molecule has 0 aromatic heterocycles. The van der Waals surface area contributed by atoms with Crippen molar-refractivity contribution in [2.45, 2.75) is 91.9 Å². The summed E-state index contributed by atoms with van der Waals surface area (Å²) in [6, 6.07) is -0.909. The van der Waals surface area contributed by atoms with Crippen LogP contribution in [-0.4, -0.2) is 96.8 Å². The summed E-state index contributed by atoms with van der Waals surface area (Å²) in [6.07, 6.45) is 4.71. The lowest BCUT2D eigenvalue weighted by molar-refractivity contribution is -0.140. The van der Waals surface area contributed by atoms with Crippen molar-refractivity contribution in [3.63, 3.8) is 0 Å². The number of ether oxygens (including phenoxy) is 1. The number of piperidine rings is 1. The lowest BCUT2D eigenvalue weighted by Crippen LogP contribution is -2.58. The van der Waals surface area contributed by atoms with Gasteiger partial charge < -0.3 is 25.4 Å². The molecule has 1 rings (SSSR count). The molecule has 0 bridgehead atoms. The Morgan fingerprint density at radius 1 is 1.08 bits per heavy atom.